The minimum atomic E-state index is -0.801. The van der Waals surface area contributed by atoms with Crippen molar-refractivity contribution in [3.05, 3.63) is 48.6 Å². The summed E-state index contributed by atoms with van der Waals surface area (Å²) in [5.74, 6) is -0.517. The summed E-state index contributed by atoms with van der Waals surface area (Å²) in [7, 11) is 0. The summed E-state index contributed by atoms with van der Waals surface area (Å²) in [6.07, 6.45) is 64.6. The summed E-state index contributed by atoms with van der Waals surface area (Å²) >= 11 is 0. The third-order valence-corrected chi connectivity index (χ3v) is 12.9. The molecule has 0 aromatic carbocycles. The number of allylic oxidation sites excluding steroid dienone is 8. The molecule has 0 radical (unpaired) electrons. The summed E-state index contributed by atoms with van der Waals surface area (Å²) in [4.78, 5) is 26.2. The van der Waals surface area contributed by atoms with Gasteiger partial charge in [-0.25, -0.2) is 0 Å². The Labute approximate surface area is 404 Å². The highest BCUT2D eigenvalue weighted by molar-refractivity contribution is 5.77. The zero-order valence-electron chi connectivity index (χ0n) is 43.4. The molecular weight excluding hydrogens is 803 g/mol. The van der Waals surface area contributed by atoms with Crippen LogP contribution in [0.5, 0.6) is 0 Å². The van der Waals surface area contributed by atoms with Crippen LogP contribution in [0.1, 0.15) is 290 Å². The molecule has 3 unspecified atom stereocenters. The van der Waals surface area contributed by atoms with E-state index in [0.29, 0.717) is 19.3 Å². The predicted octanol–water partition coefficient (Wildman–Crippen LogP) is 17.4. The number of carbonyl (C=O) groups excluding carboxylic acids is 2. The van der Waals surface area contributed by atoms with Crippen molar-refractivity contribution in [2.24, 2.45) is 0 Å². The first kappa shape index (κ1) is 62.8. The number of rotatable bonds is 51. The number of carbonyl (C=O) groups is 2. The molecule has 0 aliphatic carbocycles. The number of aliphatic hydroxyl groups excluding tert-OH is 2. The average molecular weight is 913 g/mol. The Balaban J connectivity index is 4.60. The lowest BCUT2D eigenvalue weighted by Gasteiger charge is -2.24. The van der Waals surface area contributed by atoms with Crippen molar-refractivity contribution in [2.75, 3.05) is 6.61 Å². The molecule has 65 heavy (non-hydrogen) atoms. The molecule has 0 aromatic heterocycles. The van der Waals surface area contributed by atoms with Gasteiger partial charge in [0.2, 0.25) is 5.91 Å². The lowest BCUT2D eigenvalue weighted by atomic mass is 10.0. The largest absolute Gasteiger partial charge is 0.462 e. The fourth-order valence-corrected chi connectivity index (χ4v) is 8.60. The molecule has 0 saturated carbocycles. The highest BCUT2D eigenvalue weighted by Gasteiger charge is 2.24. The Morgan fingerprint density at radius 1 is 0.446 bits per heavy atom. The number of esters is 1. The molecule has 0 saturated heterocycles. The van der Waals surface area contributed by atoms with Gasteiger partial charge in [-0.1, -0.05) is 262 Å². The molecule has 380 valence electrons. The van der Waals surface area contributed by atoms with Gasteiger partial charge in [0.15, 0.2) is 0 Å². The van der Waals surface area contributed by atoms with Gasteiger partial charge in [-0.3, -0.25) is 9.59 Å². The molecule has 0 aliphatic rings. The van der Waals surface area contributed by atoms with E-state index in [1.807, 2.05) is 0 Å². The molecule has 0 rings (SSSR count). The molecule has 3 atom stereocenters. The number of unbranched alkanes of at least 4 members (excludes halogenated alkanes) is 31. The third kappa shape index (κ3) is 48.1. The molecular formula is C59H109NO5. The van der Waals surface area contributed by atoms with Crippen LogP contribution >= 0.6 is 0 Å². The Morgan fingerprint density at radius 3 is 1.22 bits per heavy atom. The summed E-state index contributed by atoms with van der Waals surface area (Å²) in [5, 5.41) is 23.9. The van der Waals surface area contributed by atoms with Gasteiger partial charge in [-0.2, -0.15) is 0 Å². The van der Waals surface area contributed by atoms with Gasteiger partial charge in [0.25, 0.3) is 0 Å². The number of ether oxygens (including phenoxy) is 1. The van der Waals surface area contributed by atoms with Crippen molar-refractivity contribution >= 4 is 11.9 Å². The van der Waals surface area contributed by atoms with E-state index in [0.717, 1.165) is 70.6 Å². The van der Waals surface area contributed by atoms with Gasteiger partial charge in [0.1, 0.15) is 6.10 Å². The molecule has 0 bridgehead atoms. The second-order valence-electron chi connectivity index (χ2n) is 19.3. The van der Waals surface area contributed by atoms with Crippen molar-refractivity contribution in [2.45, 2.75) is 309 Å². The first-order valence-corrected chi connectivity index (χ1v) is 28.4. The summed E-state index contributed by atoms with van der Waals surface area (Å²) < 4.78 is 5.92. The monoisotopic (exact) mass is 912 g/mol. The number of nitrogens with one attached hydrogen (secondary N) is 1. The van der Waals surface area contributed by atoms with Crippen LogP contribution in [-0.4, -0.2) is 46.9 Å². The summed E-state index contributed by atoms with van der Waals surface area (Å²) in [6.45, 7) is 6.46. The maximum atomic E-state index is 13.2. The SMILES string of the molecule is CCCCC/C=C\C/C=C\C/C=C\C/C=C\CCCC(CC(=O)NC(CO)C(O)CCCCCCCCCCCCCCCCCCC)OC(=O)CCCCCCCCCCCCCC. The van der Waals surface area contributed by atoms with Crippen molar-refractivity contribution in [1.82, 2.24) is 5.32 Å². The zero-order chi connectivity index (χ0) is 47.4. The topological polar surface area (TPSA) is 95.9 Å². The maximum Gasteiger partial charge on any atom is 0.306 e. The van der Waals surface area contributed by atoms with Crippen LogP contribution in [0.25, 0.3) is 0 Å². The van der Waals surface area contributed by atoms with Gasteiger partial charge in [-0.05, 0) is 64.2 Å². The number of aliphatic hydroxyl groups is 2. The van der Waals surface area contributed by atoms with E-state index in [-0.39, 0.29) is 24.9 Å². The van der Waals surface area contributed by atoms with Gasteiger partial charge >= 0.3 is 5.97 Å². The lowest BCUT2D eigenvalue weighted by molar-refractivity contribution is -0.151. The van der Waals surface area contributed by atoms with Crippen LogP contribution in [0.15, 0.2) is 48.6 Å². The Bertz CT molecular complexity index is 1110. The van der Waals surface area contributed by atoms with Crippen LogP contribution in [0.4, 0.5) is 0 Å². The van der Waals surface area contributed by atoms with Crippen LogP contribution < -0.4 is 5.32 Å². The quantitative estimate of drug-likeness (QED) is 0.0321. The molecule has 6 nitrogen and oxygen atoms in total. The zero-order valence-corrected chi connectivity index (χ0v) is 43.4. The predicted molar refractivity (Wildman–Crippen MR) is 282 cm³/mol. The molecule has 0 heterocycles. The fourth-order valence-electron chi connectivity index (χ4n) is 8.60. The molecule has 0 aliphatic heterocycles. The van der Waals surface area contributed by atoms with E-state index in [4.69, 9.17) is 4.74 Å². The highest BCUT2D eigenvalue weighted by atomic mass is 16.5. The van der Waals surface area contributed by atoms with Crippen molar-refractivity contribution in [3.8, 4) is 0 Å². The van der Waals surface area contributed by atoms with Crippen molar-refractivity contribution < 1.29 is 24.5 Å². The Morgan fingerprint density at radius 2 is 0.800 bits per heavy atom. The second kappa shape index (κ2) is 52.8. The van der Waals surface area contributed by atoms with Crippen LogP contribution in [0.2, 0.25) is 0 Å². The molecule has 0 aromatic rings. The normalized spacial score (nSPS) is 13.5. The van der Waals surface area contributed by atoms with E-state index in [9.17, 15) is 19.8 Å². The molecule has 3 N–H and O–H groups in total. The third-order valence-electron chi connectivity index (χ3n) is 12.9. The minimum Gasteiger partial charge on any atom is -0.462 e. The second-order valence-corrected chi connectivity index (χ2v) is 19.3. The number of amides is 1. The van der Waals surface area contributed by atoms with E-state index in [1.165, 1.54) is 173 Å². The van der Waals surface area contributed by atoms with Gasteiger partial charge < -0.3 is 20.3 Å². The van der Waals surface area contributed by atoms with Crippen LogP contribution in [-0.2, 0) is 14.3 Å². The van der Waals surface area contributed by atoms with Crippen LogP contribution in [0, 0.1) is 0 Å². The van der Waals surface area contributed by atoms with E-state index in [2.05, 4.69) is 74.7 Å². The summed E-state index contributed by atoms with van der Waals surface area (Å²) in [6, 6.07) is -0.718. The highest BCUT2D eigenvalue weighted by Crippen LogP contribution is 2.18. The fraction of sp³-hybridized carbons (Fsp3) is 0.831. The summed E-state index contributed by atoms with van der Waals surface area (Å²) in [5.41, 5.74) is 0. The van der Waals surface area contributed by atoms with Gasteiger partial charge in [-0.15, -0.1) is 0 Å². The van der Waals surface area contributed by atoms with E-state index >= 15 is 0 Å². The molecule has 0 fully saturated rings. The van der Waals surface area contributed by atoms with E-state index < -0.39 is 18.2 Å². The van der Waals surface area contributed by atoms with Crippen molar-refractivity contribution in [3.63, 3.8) is 0 Å². The first-order chi connectivity index (χ1) is 32.0. The molecule has 0 spiro atoms. The van der Waals surface area contributed by atoms with Crippen molar-refractivity contribution in [1.29, 1.82) is 0 Å². The average Bonchev–Trinajstić information content (AvgIpc) is 3.30. The molecule has 6 heteroatoms. The standard InChI is InChI=1S/C59H109NO5/c1-4-7-10-13-16-19-22-25-27-29-31-33-35-38-41-44-47-50-55(65-59(64)52-49-46-43-40-37-24-21-18-15-12-9-6-3)53-58(63)60-56(54-61)57(62)51-48-45-42-39-36-34-32-30-28-26-23-20-17-14-11-8-5-2/h16,19,25,27,31,33,38,41,55-57,61-62H,4-15,17-18,20-24,26,28-30,32,34-37,39-40,42-54H2,1-3H3,(H,60,63)/b19-16-,27-25-,33-31-,41-38-. The van der Waals surface area contributed by atoms with Gasteiger partial charge in [0, 0.05) is 6.42 Å². The van der Waals surface area contributed by atoms with Gasteiger partial charge in [0.05, 0.1) is 25.2 Å². The Hall–Kier alpha value is -2.18. The Kier molecular flexibility index (Phi) is 51.0. The smallest absolute Gasteiger partial charge is 0.306 e. The number of hydrogen-bond acceptors (Lipinski definition) is 5. The molecule has 1 amide bonds. The minimum absolute atomic E-state index is 0.0428. The maximum absolute atomic E-state index is 13.2. The number of hydrogen-bond donors (Lipinski definition) is 3. The lowest BCUT2D eigenvalue weighted by Crippen LogP contribution is -2.46. The van der Waals surface area contributed by atoms with Crippen LogP contribution in [0.3, 0.4) is 0 Å². The van der Waals surface area contributed by atoms with E-state index in [1.54, 1.807) is 0 Å². The first-order valence-electron chi connectivity index (χ1n) is 28.4.